The number of hydrogen-bond acceptors (Lipinski definition) is 2. The first-order valence-corrected chi connectivity index (χ1v) is 11.1. The van der Waals surface area contributed by atoms with Gasteiger partial charge in [0.05, 0.1) is 19.2 Å². The van der Waals surface area contributed by atoms with Gasteiger partial charge in [-0.15, -0.1) is 0 Å². The smallest absolute Gasteiger partial charge is 0.126 e. The molecule has 4 rings (SSSR count). The average Bonchev–Trinajstić information content (AvgIpc) is 2.91. The monoisotopic (exact) mass is 394 g/mol. The molecule has 2 fully saturated rings. The van der Waals surface area contributed by atoms with Gasteiger partial charge in [0.1, 0.15) is 18.8 Å². The number of aliphatic hydroxyl groups is 1. The fraction of sp³-hybridized carbons (Fsp3) is 0.538. The van der Waals surface area contributed by atoms with E-state index >= 15 is 0 Å². The van der Waals surface area contributed by atoms with Crippen molar-refractivity contribution < 1.29 is 14.7 Å². The fourth-order valence-electron chi connectivity index (χ4n) is 6.20. The van der Waals surface area contributed by atoms with Crippen molar-refractivity contribution >= 4 is 0 Å². The second kappa shape index (κ2) is 8.22. The Hall–Kier alpha value is -1.68. The zero-order valence-electron chi connectivity index (χ0n) is 18.1. The molecule has 0 amide bonds. The van der Waals surface area contributed by atoms with Crippen molar-refractivity contribution in [1.29, 1.82) is 0 Å². The van der Waals surface area contributed by atoms with Gasteiger partial charge in [-0.2, -0.15) is 0 Å². The molecule has 1 aliphatic heterocycles. The summed E-state index contributed by atoms with van der Waals surface area (Å²) in [6.45, 7) is 9.59. The molecule has 2 aromatic carbocycles. The van der Waals surface area contributed by atoms with Gasteiger partial charge in [-0.25, -0.2) is 0 Å². The van der Waals surface area contributed by atoms with Gasteiger partial charge in [-0.1, -0.05) is 81.4 Å². The summed E-state index contributed by atoms with van der Waals surface area (Å²) in [5.74, 6) is 0. The first kappa shape index (κ1) is 20.6. The van der Waals surface area contributed by atoms with E-state index in [4.69, 9.17) is 4.74 Å². The largest absolute Gasteiger partial charge is 0.385 e. The number of hydrogen-bond donors (Lipinski definition) is 2. The van der Waals surface area contributed by atoms with Crippen molar-refractivity contribution in [3.8, 4) is 0 Å². The number of ether oxygens (including phenoxy) is 1. The first-order chi connectivity index (χ1) is 13.8. The Bertz CT molecular complexity index is 751. The van der Waals surface area contributed by atoms with Crippen molar-refractivity contribution in [2.75, 3.05) is 19.7 Å². The Balaban J connectivity index is 1.40. The normalized spacial score (nSPS) is 29.1. The van der Waals surface area contributed by atoms with Gasteiger partial charge in [-0.3, -0.25) is 0 Å². The maximum absolute atomic E-state index is 10.8. The lowest BCUT2D eigenvalue weighted by Crippen LogP contribution is -3.15. The number of aliphatic hydroxyl groups excluding tert-OH is 1. The van der Waals surface area contributed by atoms with Crippen molar-refractivity contribution in [3.05, 3.63) is 71.8 Å². The Morgan fingerprint density at radius 3 is 2.14 bits per heavy atom. The highest BCUT2D eigenvalue weighted by Crippen LogP contribution is 2.47. The van der Waals surface area contributed by atoms with E-state index in [0.29, 0.717) is 23.5 Å². The standard InChI is InChI=1S/C26H35NO2/c1-25(2)14-22-15-26(3,18-25)19-27(22)16-23(28)17-29-24(20-10-6-4-7-11-20)21-12-8-5-9-13-21/h4-13,22-24,28H,14-19H2,1-3H3/p+1/t22-,23-,26-/m1/s1. The van der Waals surface area contributed by atoms with Crippen molar-refractivity contribution in [2.45, 2.75) is 58.3 Å². The van der Waals surface area contributed by atoms with Crippen LogP contribution in [0, 0.1) is 10.8 Å². The number of rotatable bonds is 7. The Morgan fingerprint density at radius 1 is 0.966 bits per heavy atom. The van der Waals surface area contributed by atoms with E-state index in [1.165, 1.54) is 25.8 Å². The Kier molecular flexibility index (Phi) is 5.83. The topological polar surface area (TPSA) is 33.9 Å². The van der Waals surface area contributed by atoms with Gasteiger partial charge in [-0.05, 0) is 23.0 Å². The lowest BCUT2D eigenvalue weighted by atomic mass is 9.65. The molecule has 156 valence electrons. The third kappa shape index (κ3) is 4.91. The SMILES string of the molecule is CC1(C)C[C@@H]2C[C@@](C)(C[NH+]2C[C@@H](O)COC(c2ccccc2)c2ccccc2)C1. The van der Waals surface area contributed by atoms with E-state index < -0.39 is 6.10 Å². The molecule has 3 nitrogen and oxygen atoms in total. The van der Waals surface area contributed by atoms with Crippen LogP contribution in [0.5, 0.6) is 0 Å². The third-order valence-corrected chi connectivity index (χ3v) is 6.83. The van der Waals surface area contributed by atoms with Crippen LogP contribution < -0.4 is 4.90 Å². The average molecular weight is 395 g/mol. The van der Waals surface area contributed by atoms with Crippen molar-refractivity contribution in [3.63, 3.8) is 0 Å². The molecule has 0 spiro atoms. The molecule has 2 aromatic rings. The van der Waals surface area contributed by atoms with E-state index in [2.05, 4.69) is 45.0 Å². The fourth-order valence-corrected chi connectivity index (χ4v) is 6.20. The molecule has 1 unspecified atom stereocenters. The van der Waals surface area contributed by atoms with Crippen LogP contribution in [0.1, 0.15) is 57.3 Å². The van der Waals surface area contributed by atoms with Crippen LogP contribution in [-0.4, -0.2) is 36.9 Å². The van der Waals surface area contributed by atoms with Crippen LogP contribution >= 0.6 is 0 Å². The van der Waals surface area contributed by atoms with Gasteiger partial charge in [0.25, 0.3) is 0 Å². The molecule has 2 aliphatic rings. The van der Waals surface area contributed by atoms with Crippen LogP contribution in [0.25, 0.3) is 0 Å². The van der Waals surface area contributed by atoms with E-state index in [9.17, 15) is 5.11 Å². The van der Waals surface area contributed by atoms with Crippen molar-refractivity contribution in [1.82, 2.24) is 0 Å². The zero-order chi connectivity index (χ0) is 20.5. The highest BCUT2D eigenvalue weighted by atomic mass is 16.5. The molecule has 1 saturated heterocycles. The number of nitrogens with one attached hydrogen (secondary N) is 1. The third-order valence-electron chi connectivity index (χ3n) is 6.83. The van der Waals surface area contributed by atoms with Crippen LogP contribution in [-0.2, 0) is 4.74 Å². The molecule has 3 heteroatoms. The molecule has 0 radical (unpaired) electrons. The maximum Gasteiger partial charge on any atom is 0.126 e. The number of quaternary nitrogens is 1. The molecular formula is C26H36NO2+. The lowest BCUT2D eigenvalue weighted by molar-refractivity contribution is -0.917. The van der Waals surface area contributed by atoms with Crippen LogP contribution in [0.4, 0.5) is 0 Å². The van der Waals surface area contributed by atoms with Gasteiger partial charge < -0.3 is 14.7 Å². The molecule has 1 saturated carbocycles. The minimum atomic E-state index is -0.439. The van der Waals surface area contributed by atoms with E-state index in [1.807, 2.05) is 36.4 Å². The predicted molar refractivity (Wildman–Crippen MR) is 117 cm³/mol. The zero-order valence-corrected chi connectivity index (χ0v) is 18.1. The second-order valence-corrected chi connectivity index (χ2v) is 10.5. The number of benzene rings is 2. The summed E-state index contributed by atoms with van der Waals surface area (Å²) in [7, 11) is 0. The highest BCUT2D eigenvalue weighted by molar-refractivity contribution is 5.29. The molecule has 4 atom stereocenters. The molecule has 1 aliphatic carbocycles. The summed E-state index contributed by atoms with van der Waals surface area (Å²) in [6.07, 6.45) is 3.29. The van der Waals surface area contributed by atoms with Crippen LogP contribution in [0.3, 0.4) is 0 Å². The van der Waals surface area contributed by atoms with Crippen LogP contribution in [0.15, 0.2) is 60.7 Å². The number of likely N-dealkylation sites (tertiary alicyclic amines) is 1. The first-order valence-electron chi connectivity index (χ1n) is 11.1. The Morgan fingerprint density at radius 2 is 1.55 bits per heavy atom. The highest BCUT2D eigenvalue weighted by Gasteiger charge is 2.52. The predicted octanol–water partition coefficient (Wildman–Crippen LogP) is 3.64. The van der Waals surface area contributed by atoms with Gasteiger partial charge in [0.15, 0.2) is 0 Å². The molecule has 29 heavy (non-hydrogen) atoms. The summed E-state index contributed by atoms with van der Waals surface area (Å²) < 4.78 is 6.30. The van der Waals surface area contributed by atoms with Gasteiger partial charge >= 0.3 is 0 Å². The lowest BCUT2D eigenvalue weighted by Gasteiger charge is -2.37. The molecule has 0 aromatic heterocycles. The summed E-state index contributed by atoms with van der Waals surface area (Å²) in [5.41, 5.74) is 3.11. The van der Waals surface area contributed by atoms with E-state index in [-0.39, 0.29) is 6.10 Å². The van der Waals surface area contributed by atoms with Crippen LogP contribution in [0.2, 0.25) is 0 Å². The summed E-state index contributed by atoms with van der Waals surface area (Å²) in [6, 6.07) is 21.3. The number of fused-ring (bicyclic) bond motifs is 2. The second-order valence-electron chi connectivity index (χ2n) is 10.5. The molecule has 2 bridgehead atoms. The van der Waals surface area contributed by atoms with E-state index in [0.717, 1.165) is 17.7 Å². The maximum atomic E-state index is 10.8. The summed E-state index contributed by atoms with van der Waals surface area (Å²) in [5, 5.41) is 10.8. The van der Waals surface area contributed by atoms with E-state index in [1.54, 1.807) is 4.90 Å². The summed E-state index contributed by atoms with van der Waals surface area (Å²) >= 11 is 0. The summed E-state index contributed by atoms with van der Waals surface area (Å²) in [4.78, 5) is 1.57. The Labute approximate surface area is 175 Å². The minimum absolute atomic E-state index is 0.142. The van der Waals surface area contributed by atoms with Gasteiger partial charge in [0.2, 0.25) is 0 Å². The van der Waals surface area contributed by atoms with Crippen molar-refractivity contribution in [2.24, 2.45) is 10.8 Å². The quantitative estimate of drug-likeness (QED) is 0.752. The molecule has 2 N–H and O–H groups in total. The van der Waals surface area contributed by atoms with Gasteiger partial charge in [0, 0.05) is 18.3 Å². The molecular weight excluding hydrogens is 358 g/mol. The molecule has 1 heterocycles. The minimum Gasteiger partial charge on any atom is -0.385 e.